The summed E-state index contributed by atoms with van der Waals surface area (Å²) in [6, 6.07) is 15.4. The number of para-hydroxylation sites is 2. The molecular weight excluding hydrogens is 420 g/mol. The van der Waals surface area contributed by atoms with Crippen molar-refractivity contribution >= 4 is 38.7 Å². The van der Waals surface area contributed by atoms with E-state index in [0.29, 0.717) is 37.2 Å². The van der Waals surface area contributed by atoms with Crippen LogP contribution >= 0.6 is 11.8 Å². The van der Waals surface area contributed by atoms with Gasteiger partial charge in [0.2, 0.25) is 10.0 Å². The van der Waals surface area contributed by atoms with Crippen LogP contribution in [0.5, 0.6) is 0 Å². The summed E-state index contributed by atoms with van der Waals surface area (Å²) in [5.41, 5.74) is 3.50. The lowest BCUT2D eigenvalue weighted by atomic mass is 10.0. The number of benzene rings is 2. The monoisotopic (exact) mass is 444 g/mol. The highest BCUT2D eigenvalue weighted by atomic mass is 32.2. The van der Waals surface area contributed by atoms with Gasteiger partial charge in [-0.15, -0.1) is 0 Å². The van der Waals surface area contributed by atoms with E-state index in [-0.39, 0.29) is 11.9 Å². The molecule has 2 N–H and O–H groups in total. The third kappa shape index (κ3) is 4.85. The van der Waals surface area contributed by atoms with Crippen LogP contribution in [0.3, 0.4) is 0 Å². The Morgan fingerprint density at radius 3 is 2.60 bits per heavy atom. The van der Waals surface area contributed by atoms with E-state index in [1.807, 2.05) is 48.5 Å². The van der Waals surface area contributed by atoms with Crippen LogP contribution in [0, 0.1) is 0 Å². The van der Waals surface area contributed by atoms with Crippen molar-refractivity contribution in [2.24, 2.45) is 0 Å². The van der Waals surface area contributed by atoms with E-state index in [2.05, 4.69) is 15.3 Å². The number of thioether (sulfide) groups is 1. The molecule has 9 heteroatoms. The molecule has 0 unspecified atom stereocenters. The molecule has 1 amide bonds. The van der Waals surface area contributed by atoms with Crippen molar-refractivity contribution in [1.29, 1.82) is 0 Å². The fourth-order valence-electron chi connectivity index (χ4n) is 3.61. The number of hydrogen-bond acceptors (Lipinski definition) is 5. The van der Waals surface area contributed by atoms with Crippen molar-refractivity contribution in [1.82, 2.24) is 19.6 Å². The van der Waals surface area contributed by atoms with E-state index in [0.717, 1.165) is 21.8 Å². The highest BCUT2D eigenvalue weighted by Crippen LogP contribution is 2.25. The molecule has 1 saturated heterocycles. The lowest BCUT2D eigenvalue weighted by Crippen LogP contribution is -2.46. The molecule has 0 saturated carbocycles. The number of rotatable bonds is 6. The van der Waals surface area contributed by atoms with Gasteiger partial charge in [0.1, 0.15) is 0 Å². The quantitative estimate of drug-likeness (QED) is 0.570. The van der Waals surface area contributed by atoms with E-state index in [9.17, 15) is 13.2 Å². The van der Waals surface area contributed by atoms with Crippen molar-refractivity contribution in [3.63, 3.8) is 0 Å². The second-order valence-corrected chi connectivity index (χ2v) is 10.4. The van der Waals surface area contributed by atoms with Crippen molar-refractivity contribution in [2.45, 2.75) is 29.8 Å². The van der Waals surface area contributed by atoms with E-state index in [4.69, 9.17) is 0 Å². The Morgan fingerprint density at radius 1 is 1.17 bits per heavy atom. The Balaban J connectivity index is 1.39. The van der Waals surface area contributed by atoms with Crippen LogP contribution in [-0.2, 0) is 15.8 Å². The molecule has 2 heterocycles. The maximum atomic E-state index is 12.9. The number of carbonyl (C=O) groups excluding carboxylic acids is 1. The lowest BCUT2D eigenvalue weighted by molar-refractivity contribution is 0.0923. The number of imidazole rings is 1. The predicted octanol–water partition coefficient (Wildman–Crippen LogP) is 3.01. The van der Waals surface area contributed by atoms with Gasteiger partial charge >= 0.3 is 0 Å². The van der Waals surface area contributed by atoms with Crippen LogP contribution in [0.15, 0.2) is 53.7 Å². The Bertz CT molecular complexity index is 1120. The topological polar surface area (TPSA) is 95.2 Å². The first-order valence-electron chi connectivity index (χ1n) is 9.81. The molecule has 4 rings (SSSR count). The Labute approximate surface area is 180 Å². The lowest BCUT2D eigenvalue weighted by Gasteiger charge is -2.30. The summed E-state index contributed by atoms with van der Waals surface area (Å²) in [7, 11) is -3.17. The summed E-state index contributed by atoms with van der Waals surface area (Å²) < 4.78 is 24.8. The molecule has 158 valence electrons. The Morgan fingerprint density at radius 2 is 1.87 bits per heavy atom. The standard InChI is InChI=1S/C21H24N4O3S2/c1-30(27,28)25-12-10-16(11-13-25)22-20(26)17-7-3-2-6-15(17)14-29-21-23-18-8-4-5-9-19(18)24-21/h2-9,16H,10-14H2,1H3,(H,22,26)(H,23,24). The van der Waals surface area contributed by atoms with Crippen LogP contribution in [-0.4, -0.2) is 54.0 Å². The van der Waals surface area contributed by atoms with Crippen molar-refractivity contribution in [3.8, 4) is 0 Å². The van der Waals surface area contributed by atoms with E-state index in [1.165, 1.54) is 10.6 Å². The van der Waals surface area contributed by atoms with Gasteiger partial charge in [-0.1, -0.05) is 42.1 Å². The number of sulfonamides is 1. The second kappa shape index (κ2) is 8.79. The molecule has 1 fully saturated rings. The SMILES string of the molecule is CS(=O)(=O)N1CCC(NC(=O)c2ccccc2CSc2nc3ccccc3[nH]2)CC1. The fourth-order valence-corrected chi connectivity index (χ4v) is 5.37. The zero-order chi connectivity index (χ0) is 21.1. The van der Waals surface area contributed by atoms with Gasteiger partial charge in [-0.3, -0.25) is 4.79 Å². The van der Waals surface area contributed by atoms with E-state index in [1.54, 1.807) is 11.8 Å². The number of nitrogens with zero attached hydrogens (tertiary/aromatic N) is 2. The molecule has 0 spiro atoms. The number of H-pyrrole nitrogens is 1. The highest BCUT2D eigenvalue weighted by molar-refractivity contribution is 7.98. The van der Waals surface area contributed by atoms with Crippen molar-refractivity contribution < 1.29 is 13.2 Å². The molecule has 0 radical (unpaired) electrons. The van der Waals surface area contributed by atoms with Gasteiger partial charge in [-0.25, -0.2) is 17.7 Å². The van der Waals surface area contributed by atoms with E-state index >= 15 is 0 Å². The summed E-state index contributed by atoms with van der Waals surface area (Å²) >= 11 is 1.56. The van der Waals surface area contributed by atoms with Gasteiger partial charge in [-0.05, 0) is 36.6 Å². The Kier molecular flexibility index (Phi) is 6.12. The van der Waals surface area contributed by atoms with Gasteiger partial charge in [0, 0.05) is 30.4 Å². The molecule has 0 bridgehead atoms. The molecule has 0 atom stereocenters. The van der Waals surface area contributed by atoms with Gasteiger partial charge < -0.3 is 10.3 Å². The third-order valence-electron chi connectivity index (χ3n) is 5.25. The minimum absolute atomic E-state index is 0.0217. The van der Waals surface area contributed by atoms with Crippen molar-refractivity contribution in [3.05, 3.63) is 59.7 Å². The number of aromatic nitrogens is 2. The normalized spacial score (nSPS) is 16.0. The van der Waals surface area contributed by atoms with Crippen molar-refractivity contribution in [2.75, 3.05) is 19.3 Å². The summed E-state index contributed by atoms with van der Waals surface area (Å²) in [5, 5.41) is 3.89. The van der Waals surface area contributed by atoms with E-state index < -0.39 is 10.0 Å². The minimum atomic E-state index is -3.17. The van der Waals surface area contributed by atoms with Gasteiger partial charge in [0.05, 0.1) is 17.3 Å². The van der Waals surface area contributed by atoms with Crippen LogP contribution in [0.25, 0.3) is 11.0 Å². The molecular formula is C21H24N4O3S2. The zero-order valence-electron chi connectivity index (χ0n) is 16.7. The number of fused-ring (bicyclic) bond motifs is 1. The number of aromatic amines is 1. The molecule has 0 aliphatic carbocycles. The van der Waals surface area contributed by atoms with Gasteiger partial charge in [0.25, 0.3) is 5.91 Å². The molecule has 1 aliphatic rings. The number of hydrogen-bond donors (Lipinski definition) is 2. The first-order chi connectivity index (χ1) is 14.4. The molecule has 7 nitrogen and oxygen atoms in total. The zero-order valence-corrected chi connectivity index (χ0v) is 18.3. The molecule has 2 aromatic carbocycles. The summed E-state index contributed by atoms with van der Waals surface area (Å²) in [6.45, 7) is 0.876. The highest BCUT2D eigenvalue weighted by Gasteiger charge is 2.26. The predicted molar refractivity (Wildman–Crippen MR) is 119 cm³/mol. The van der Waals surface area contributed by atoms with Crippen LogP contribution in [0.4, 0.5) is 0 Å². The molecule has 1 aromatic heterocycles. The van der Waals surface area contributed by atoms with Gasteiger partial charge in [0.15, 0.2) is 5.16 Å². The number of amides is 1. The summed E-state index contributed by atoms with van der Waals surface area (Å²) in [5.74, 6) is 0.504. The first kappa shape index (κ1) is 20.9. The first-order valence-corrected chi connectivity index (χ1v) is 12.6. The van der Waals surface area contributed by atoms with Crippen LogP contribution in [0.1, 0.15) is 28.8 Å². The average Bonchev–Trinajstić information content (AvgIpc) is 3.15. The molecule has 3 aromatic rings. The minimum Gasteiger partial charge on any atom is -0.349 e. The second-order valence-electron chi connectivity index (χ2n) is 7.41. The van der Waals surface area contributed by atoms with Crippen LogP contribution < -0.4 is 5.32 Å². The fraction of sp³-hybridized carbons (Fsp3) is 0.333. The number of piperidine rings is 1. The largest absolute Gasteiger partial charge is 0.349 e. The van der Waals surface area contributed by atoms with Gasteiger partial charge in [-0.2, -0.15) is 0 Å². The Hall–Kier alpha value is -2.36. The molecule has 30 heavy (non-hydrogen) atoms. The summed E-state index contributed by atoms with van der Waals surface area (Å²) in [6.07, 6.45) is 2.46. The summed E-state index contributed by atoms with van der Waals surface area (Å²) in [4.78, 5) is 20.8. The third-order valence-corrected chi connectivity index (χ3v) is 7.48. The number of carbonyl (C=O) groups is 1. The van der Waals surface area contributed by atoms with Crippen LogP contribution in [0.2, 0.25) is 0 Å². The number of nitrogens with one attached hydrogen (secondary N) is 2. The maximum Gasteiger partial charge on any atom is 0.251 e. The molecule has 1 aliphatic heterocycles. The smallest absolute Gasteiger partial charge is 0.251 e. The average molecular weight is 445 g/mol. The maximum absolute atomic E-state index is 12.9.